The maximum Gasteiger partial charge on any atom is 0.407 e. The molecule has 15 heteroatoms. The molecule has 308 valence electrons. The van der Waals surface area contributed by atoms with Crippen LogP contribution in [0.15, 0.2) is 24.3 Å². The number of Topliss-reactive ketones (excluding diaryl/α,β-unsaturated/α-hetero) is 1. The van der Waals surface area contributed by atoms with Crippen LogP contribution in [0.5, 0.6) is 0 Å². The number of rotatable bonds is 23. The molecular weight excluding hydrogens is 710 g/mol. The van der Waals surface area contributed by atoms with Gasteiger partial charge in [-0.15, -0.1) is 0 Å². The molecule has 3 unspecified atom stereocenters. The number of hydrogen-bond acceptors (Lipinski definition) is 10. The zero-order valence-corrected chi connectivity index (χ0v) is 34.3. The standard InChI is InChI=1S/C40H63N5O10/c1-25(2)31(46)16-21-54-40(9,10)18-22-55-39(7,8)17-15-32(47)44-34(26(3)4)36(50)42-28(6)35(49)43-30-13-11-29(12-14-30)24-53-38(52)41-19-20-45-33(48)23-27(5)37(45)51/h11-14,25-28,34H,15-24H2,1-10H3,(H,41,52)(H,42,50)(H,43,49)(H,44,47). The third-order valence-corrected chi connectivity index (χ3v) is 9.32. The lowest BCUT2D eigenvalue weighted by atomic mass is 9.99. The fourth-order valence-corrected chi connectivity index (χ4v) is 5.49. The van der Waals surface area contributed by atoms with Crippen LogP contribution in [0.3, 0.4) is 0 Å². The number of amides is 6. The number of likely N-dealkylation sites (tertiary alicyclic amines) is 1. The second-order valence-electron chi connectivity index (χ2n) is 16.0. The van der Waals surface area contributed by atoms with Crippen LogP contribution in [0.1, 0.15) is 107 Å². The molecule has 0 spiro atoms. The van der Waals surface area contributed by atoms with E-state index < -0.39 is 41.2 Å². The van der Waals surface area contributed by atoms with E-state index in [9.17, 15) is 33.6 Å². The summed E-state index contributed by atoms with van der Waals surface area (Å²) >= 11 is 0. The number of ketones is 1. The van der Waals surface area contributed by atoms with Gasteiger partial charge in [-0.1, -0.05) is 46.8 Å². The van der Waals surface area contributed by atoms with Gasteiger partial charge in [-0.25, -0.2) is 4.79 Å². The Morgan fingerprint density at radius 3 is 2.04 bits per heavy atom. The van der Waals surface area contributed by atoms with Gasteiger partial charge in [-0.05, 0) is 71.1 Å². The van der Waals surface area contributed by atoms with Crippen molar-refractivity contribution in [3.63, 3.8) is 0 Å². The van der Waals surface area contributed by atoms with Gasteiger partial charge < -0.3 is 35.5 Å². The Labute approximate surface area is 325 Å². The summed E-state index contributed by atoms with van der Waals surface area (Å²) < 4.78 is 17.2. The Bertz CT molecular complexity index is 1490. The van der Waals surface area contributed by atoms with Gasteiger partial charge in [0.25, 0.3) is 0 Å². The van der Waals surface area contributed by atoms with Gasteiger partial charge in [0.2, 0.25) is 29.5 Å². The second kappa shape index (κ2) is 21.6. The molecule has 0 saturated carbocycles. The van der Waals surface area contributed by atoms with Crippen LogP contribution in [0, 0.1) is 17.8 Å². The number of alkyl carbamates (subject to hydrolysis) is 1. The second-order valence-corrected chi connectivity index (χ2v) is 16.0. The number of carbonyl (C=O) groups is 7. The number of ether oxygens (including phenoxy) is 3. The third-order valence-electron chi connectivity index (χ3n) is 9.32. The SMILES string of the molecule is CC(C)C(=O)CCOC(C)(C)CCOC(C)(C)CCC(=O)NC(C(=O)NC(C)C(=O)Nc1ccc(COC(=O)NCCN2C(=O)CC(C)C2=O)cc1)C(C)C. The molecule has 6 amide bonds. The smallest absolute Gasteiger partial charge is 0.407 e. The fourth-order valence-electron chi connectivity index (χ4n) is 5.49. The summed E-state index contributed by atoms with van der Waals surface area (Å²) in [6.45, 7) is 19.2. The van der Waals surface area contributed by atoms with Crippen molar-refractivity contribution in [1.82, 2.24) is 20.9 Å². The van der Waals surface area contributed by atoms with Gasteiger partial charge in [0.1, 0.15) is 24.5 Å². The van der Waals surface area contributed by atoms with E-state index in [1.54, 1.807) is 52.0 Å². The first-order chi connectivity index (χ1) is 25.6. The van der Waals surface area contributed by atoms with Gasteiger partial charge >= 0.3 is 6.09 Å². The van der Waals surface area contributed by atoms with E-state index in [2.05, 4.69) is 21.3 Å². The van der Waals surface area contributed by atoms with Crippen molar-refractivity contribution in [1.29, 1.82) is 0 Å². The van der Waals surface area contributed by atoms with Crippen LogP contribution in [-0.2, 0) is 49.6 Å². The first-order valence-electron chi connectivity index (χ1n) is 19.2. The van der Waals surface area contributed by atoms with Crippen LogP contribution in [-0.4, -0.2) is 95.9 Å². The largest absolute Gasteiger partial charge is 0.445 e. The molecule has 55 heavy (non-hydrogen) atoms. The molecule has 0 aromatic heterocycles. The minimum absolute atomic E-state index is 0.0173. The maximum absolute atomic E-state index is 13.2. The van der Waals surface area contributed by atoms with Crippen molar-refractivity contribution in [2.45, 2.75) is 131 Å². The van der Waals surface area contributed by atoms with Crippen molar-refractivity contribution < 1.29 is 47.8 Å². The van der Waals surface area contributed by atoms with Gasteiger partial charge in [-0.2, -0.15) is 0 Å². The molecule has 0 aliphatic carbocycles. The van der Waals surface area contributed by atoms with E-state index in [1.807, 2.05) is 41.5 Å². The van der Waals surface area contributed by atoms with E-state index in [1.165, 1.54) is 0 Å². The number of anilines is 1. The van der Waals surface area contributed by atoms with Crippen molar-refractivity contribution >= 4 is 47.1 Å². The molecule has 0 radical (unpaired) electrons. The predicted octanol–water partition coefficient (Wildman–Crippen LogP) is 4.27. The highest BCUT2D eigenvalue weighted by molar-refractivity contribution is 6.03. The summed E-state index contributed by atoms with van der Waals surface area (Å²) in [5.74, 6) is -2.22. The van der Waals surface area contributed by atoms with E-state index >= 15 is 0 Å². The van der Waals surface area contributed by atoms with Gasteiger partial charge in [0, 0.05) is 49.9 Å². The van der Waals surface area contributed by atoms with E-state index in [0.29, 0.717) is 43.7 Å². The third kappa shape index (κ3) is 16.9. The Hall–Kier alpha value is -4.37. The summed E-state index contributed by atoms with van der Waals surface area (Å²) in [5.41, 5.74) is 0.0323. The minimum Gasteiger partial charge on any atom is -0.445 e. The Balaban J connectivity index is 1.74. The van der Waals surface area contributed by atoms with E-state index in [-0.39, 0.29) is 73.8 Å². The molecule has 1 aromatic rings. The summed E-state index contributed by atoms with van der Waals surface area (Å²) in [6.07, 6.45) is 0.999. The lowest BCUT2D eigenvalue weighted by Crippen LogP contribution is -2.53. The molecule has 1 fully saturated rings. The van der Waals surface area contributed by atoms with Crippen LogP contribution in [0.25, 0.3) is 0 Å². The summed E-state index contributed by atoms with van der Waals surface area (Å²) in [4.78, 5) is 87.9. The maximum atomic E-state index is 13.2. The highest BCUT2D eigenvalue weighted by Gasteiger charge is 2.35. The number of nitrogens with one attached hydrogen (secondary N) is 4. The van der Waals surface area contributed by atoms with E-state index in [4.69, 9.17) is 14.2 Å². The highest BCUT2D eigenvalue weighted by atomic mass is 16.5. The highest BCUT2D eigenvalue weighted by Crippen LogP contribution is 2.22. The zero-order valence-electron chi connectivity index (χ0n) is 34.3. The Morgan fingerprint density at radius 1 is 0.836 bits per heavy atom. The summed E-state index contributed by atoms with van der Waals surface area (Å²) in [7, 11) is 0. The number of benzene rings is 1. The van der Waals surface area contributed by atoms with Crippen molar-refractivity contribution in [2.24, 2.45) is 17.8 Å². The summed E-state index contributed by atoms with van der Waals surface area (Å²) in [6, 6.07) is 4.82. The lowest BCUT2D eigenvalue weighted by molar-refractivity contribution is -0.139. The predicted molar refractivity (Wildman–Crippen MR) is 207 cm³/mol. The van der Waals surface area contributed by atoms with Gasteiger partial charge in [-0.3, -0.25) is 33.7 Å². The van der Waals surface area contributed by atoms with Gasteiger partial charge in [0.15, 0.2) is 0 Å². The number of imide groups is 1. The molecule has 1 aliphatic rings. The Morgan fingerprint density at radius 2 is 1.45 bits per heavy atom. The number of nitrogens with zero attached hydrogens (tertiary/aromatic N) is 1. The minimum atomic E-state index is -0.914. The number of hydrogen-bond donors (Lipinski definition) is 4. The van der Waals surface area contributed by atoms with Crippen LogP contribution in [0.2, 0.25) is 0 Å². The monoisotopic (exact) mass is 773 g/mol. The summed E-state index contributed by atoms with van der Waals surface area (Å²) in [5, 5.41) is 10.7. The normalized spacial score (nSPS) is 15.9. The number of carbonyl (C=O) groups excluding carboxylic acids is 7. The van der Waals surface area contributed by atoms with Crippen molar-refractivity contribution in [3.05, 3.63) is 29.8 Å². The molecule has 1 heterocycles. The van der Waals surface area contributed by atoms with Gasteiger partial charge in [0.05, 0.1) is 24.4 Å². The molecule has 1 saturated heterocycles. The lowest BCUT2D eigenvalue weighted by Gasteiger charge is -2.30. The Kier molecular flexibility index (Phi) is 18.4. The van der Waals surface area contributed by atoms with Crippen molar-refractivity contribution in [2.75, 3.05) is 31.6 Å². The zero-order chi connectivity index (χ0) is 41.5. The fraction of sp³-hybridized carbons (Fsp3) is 0.675. The van der Waals surface area contributed by atoms with Crippen LogP contribution in [0.4, 0.5) is 10.5 Å². The molecular formula is C40H63N5O10. The van der Waals surface area contributed by atoms with Crippen molar-refractivity contribution in [3.8, 4) is 0 Å². The molecule has 0 bridgehead atoms. The first-order valence-corrected chi connectivity index (χ1v) is 19.2. The average molecular weight is 774 g/mol. The molecule has 1 aliphatic heterocycles. The molecule has 15 nitrogen and oxygen atoms in total. The quantitative estimate of drug-likeness (QED) is 0.117. The topological polar surface area (TPSA) is 199 Å². The van der Waals surface area contributed by atoms with Crippen LogP contribution >= 0.6 is 0 Å². The molecule has 3 atom stereocenters. The van der Waals surface area contributed by atoms with E-state index in [0.717, 1.165) is 4.90 Å². The first kappa shape index (κ1) is 46.8. The molecule has 2 rings (SSSR count). The average Bonchev–Trinajstić information content (AvgIpc) is 3.34. The molecule has 1 aromatic carbocycles. The molecule has 4 N–H and O–H groups in total. The van der Waals surface area contributed by atoms with Crippen LogP contribution < -0.4 is 21.3 Å².